The smallest absolute Gasteiger partial charge is 0.133 e. The quantitative estimate of drug-likeness (QED) is 0.870. The third-order valence-electron chi connectivity index (χ3n) is 2.71. The number of anilines is 1. The van der Waals surface area contributed by atoms with E-state index in [0.717, 1.165) is 27.0 Å². The third kappa shape index (κ3) is 2.80. The highest BCUT2D eigenvalue weighted by Crippen LogP contribution is 2.25. The van der Waals surface area contributed by atoms with Gasteiger partial charge in [-0.2, -0.15) is 0 Å². The lowest BCUT2D eigenvalue weighted by molar-refractivity contribution is 0.303. The molecule has 0 saturated heterocycles. The summed E-state index contributed by atoms with van der Waals surface area (Å²) in [5.41, 5.74) is 8.85. The van der Waals surface area contributed by atoms with Crippen LogP contribution in [0.25, 0.3) is 0 Å². The zero-order chi connectivity index (χ0) is 12.3. The van der Waals surface area contributed by atoms with Crippen molar-refractivity contribution >= 4 is 21.6 Å². The first-order chi connectivity index (χ1) is 8.18. The first-order valence-electron chi connectivity index (χ1n) is 5.40. The molecular formula is C14H14BrNO. The summed E-state index contributed by atoms with van der Waals surface area (Å²) in [5, 5.41) is 0. The van der Waals surface area contributed by atoms with E-state index in [1.807, 2.05) is 49.4 Å². The Bertz CT molecular complexity index is 525. The molecular weight excluding hydrogens is 278 g/mol. The second-order valence-corrected chi connectivity index (χ2v) is 4.70. The van der Waals surface area contributed by atoms with Crippen LogP contribution in [0.4, 0.5) is 5.69 Å². The highest BCUT2D eigenvalue weighted by Gasteiger charge is 2.04. The maximum absolute atomic E-state index is 5.85. The van der Waals surface area contributed by atoms with Crippen molar-refractivity contribution in [2.45, 2.75) is 13.5 Å². The molecule has 0 bridgehead atoms. The van der Waals surface area contributed by atoms with Crippen molar-refractivity contribution in [2.24, 2.45) is 0 Å². The molecule has 0 aliphatic carbocycles. The SMILES string of the molecule is Cc1c(N)cccc1COc1ccccc1Br. The highest BCUT2D eigenvalue weighted by atomic mass is 79.9. The molecule has 0 aromatic heterocycles. The molecule has 2 N–H and O–H groups in total. The lowest BCUT2D eigenvalue weighted by atomic mass is 10.1. The monoisotopic (exact) mass is 291 g/mol. The van der Waals surface area contributed by atoms with Crippen LogP contribution >= 0.6 is 15.9 Å². The maximum atomic E-state index is 5.85. The predicted octanol–water partition coefficient (Wildman–Crippen LogP) is 3.92. The Morgan fingerprint density at radius 2 is 1.88 bits per heavy atom. The van der Waals surface area contributed by atoms with Crippen LogP contribution in [0.2, 0.25) is 0 Å². The Morgan fingerprint density at radius 1 is 1.12 bits per heavy atom. The topological polar surface area (TPSA) is 35.2 Å². The molecule has 2 nitrogen and oxygen atoms in total. The molecule has 17 heavy (non-hydrogen) atoms. The van der Waals surface area contributed by atoms with Gasteiger partial charge >= 0.3 is 0 Å². The first kappa shape index (κ1) is 12.0. The summed E-state index contributed by atoms with van der Waals surface area (Å²) >= 11 is 3.45. The zero-order valence-corrected chi connectivity index (χ0v) is 11.2. The fraction of sp³-hybridized carbons (Fsp3) is 0.143. The Labute approximate surface area is 110 Å². The lowest BCUT2D eigenvalue weighted by Crippen LogP contribution is -2.00. The number of para-hydroxylation sites is 1. The van der Waals surface area contributed by atoms with Gasteiger partial charge in [0.2, 0.25) is 0 Å². The molecule has 2 rings (SSSR count). The second-order valence-electron chi connectivity index (χ2n) is 3.85. The van der Waals surface area contributed by atoms with Gasteiger partial charge < -0.3 is 10.5 Å². The number of halogens is 1. The number of hydrogen-bond donors (Lipinski definition) is 1. The predicted molar refractivity (Wildman–Crippen MR) is 74.1 cm³/mol. The van der Waals surface area contributed by atoms with Gasteiger partial charge in [0.25, 0.3) is 0 Å². The van der Waals surface area contributed by atoms with Crippen LogP contribution < -0.4 is 10.5 Å². The molecule has 0 amide bonds. The molecule has 0 unspecified atom stereocenters. The minimum absolute atomic E-state index is 0.527. The van der Waals surface area contributed by atoms with Crippen LogP contribution in [0.1, 0.15) is 11.1 Å². The number of nitrogen functional groups attached to an aromatic ring is 1. The van der Waals surface area contributed by atoms with Gasteiger partial charge in [-0.3, -0.25) is 0 Å². The number of hydrogen-bond acceptors (Lipinski definition) is 2. The van der Waals surface area contributed by atoms with Crippen LogP contribution in [0.5, 0.6) is 5.75 Å². The van der Waals surface area contributed by atoms with E-state index in [1.54, 1.807) is 0 Å². The third-order valence-corrected chi connectivity index (χ3v) is 3.36. The summed E-state index contributed by atoms with van der Waals surface area (Å²) in [6.45, 7) is 2.54. The van der Waals surface area contributed by atoms with Crippen LogP contribution in [-0.4, -0.2) is 0 Å². The van der Waals surface area contributed by atoms with Crippen molar-refractivity contribution in [3.63, 3.8) is 0 Å². The van der Waals surface area contributed by atoms with Crippen molar-refractivity contribution in [1.29, 1.82) is 0 Å². The number of ether oxygens (including phenoxy) is 1. The van der Waals surface area contributed by atoms with Gasteiger partial charge in [-0.05, 0) is 52.2 Å². The van der Waals surface area contributed by atoms with Gasteiger partial charge in [-0.15, -0.1) is 0 Å². The Hall–Kier alpha value is -1.48. The van der Waals surface area contributed by atoms with Crippen LogP contribution in [0, 0.1) is 6.92 Å². The average molecular weight is 292 g/mol. The molecule has 0 aliphatic heterocycles. The largest absolute Gasteiger partial charge is 0.488 e. The maximum Gasteiger partial charge on any atom is 0.133 e. The fourth-order valence-corrected chi connectivity index (χ4v) is 1.98. The van der Waals surface area contributed by atoms with Gasteiger partial charge in [0.1, 0.15) is 12.4 Å². The molecule has 0 radical (unpaired) electrons. The fourth-order valence-electron chi connectivity index (χ4n) is 1.58. The molecule has 2 aromatic carbocycles. The molecule has 0 atom stereocenters. The van der Waals surface area contributed by atoms with E-state index in [2.05, 4.69) is 15.9 Å². The van der Waals surface area contributed by atoms with E-state index < -0.39 is 0 Å². The van der Waals surface area contributed by atoms with Gasteiger partial charge in [-0.1, -0.05) is 24.3 Å². The van der Waals surface area contributed by atoms with Crippen molar-refractivity contribution in [1.82, 2.24) is 0 Å². The van der Waals surface area contributed by atoms with Crippen LogP contribution in [-0.2, 0) is 6.61 Å². The van der Waals surface area contributed by atoms with Crippen LogP contribution in [0.15, 0.2) is 46.9 Å². The Balaban J connectivity index is 2.13. The van der Waals surface area contributed by atoms with E-state index in [1.165, 1.54) is 0 Å². The van der Waals surface area contributed by atoms with Crippen molar-refractivity contribution < 1.29 is 4.74 Å². The van der Waals surface area contributed by atoms with Crippen LogP contribution in [0.3, 0.4) is 0 Å². The van der Waals surface area contributed by atoms with Gasteiger partial charge in [-0.25, -0.2) is 0 Å². The van der Waals surface area contributed by atoms with Crippen molar-refractivity contribution in [3.05, 3.63) is 58.1 Å². The molecule has 3 heteroatoms. The standard InChI is InChI=1S/C14H14BrNO/c1-10-11(5-4-7-13(10)16)9-17-14-8-3-2-6-12(14)15/h2-8H,9,16H2,1H3. The van der Waals surface area contributed by atoms with Gasteiger partial charge in [0, 0.05) is 5.69 Å². The Kier molecular flexibility index (Phi) is 3.69. The summed E-state index contributed by atoms with van der Waals surface area (Å²) in [6.07, 6.45) is 0. The molecule has 2 aromatic rings. The van der Waals surface area contributed by atoms with Crippen molar-refractivity contribution in [2.75, 3.05) is 5.73 Å². The highest BCUT2D eigenvalue weighted by molar-refractivity contribution is 9.10. The molecule has 88 valence electrons. The summed E-state index contributed by atoms with van der Waals surface area (Å²) in [4.78, 5) is 0. The minimum Gasteiger partial charge on any atom is -0.488 e. The number of nitrogens with two attached hydrogens (primary N) is 1. The summed E-state index contributed by atoms with van der Waals surface area (Å²) in [5.74, 6) is 0.842. The summed E-state index contributed by atoms with van der Waals surface area (Å²) < 4.78 is 6.72. The van der Waals surface area contributed by atoms with E-state index >= 15 is 0 Å². The first-order valence-corrected chi connectivity index (χ1v) is 6.19. The molecule has 0 fully saturated rings. The Morgan fingerprint density at radius 3 is 2.65 bits per heavy atom. The zero-order valence-electron chi connectivity index (χ0n) is 9.61. The number of rotatable bonds is 3. The lowest BCUT2D eigenvalue weighted by Gasteiger charge is -2.11. The number of benzene rings is 2. The van der Waals surface area contributed by atoms with Crippen molar-refractivity contribution in [3.8, 4) is 5.75 Å². The van der Waals surface area contributed by atoms with E-state index in [4.69, 9.17) is 10.5 Å². The second kappa shape index (κ2) is 5.23. The summed E-state index contributed by atoms with van der Waals surface area (Å²) in [7, 11) is 0. The van der Waals surface area contributed by atoms with Gasteiger partial charge in [0.05, 0.1) is 4.47 Å². The van der Waals surface area contributed by atoms with Gasteiger partial charge in [0.15, 0.2) is 0 Å². The summed E-state index contributed by atoms with van der Waals surface area (Å²) in [6, 6.07) is 13.7. The normalized spacial score (nSPS) is 10.2. The minimum atomic E-state index is 0.527. The molecule has 0 aliphatic rings. The molecule has 0 heterocycles. The van der Waals surface area contributed by atoms with E-state index in [0.29, 0.717) is 6.61 Å². The van der Waals surface area contributed by atoms with E-state index in [9.17, 15) is 0 Å². The molecule has 0 saturated carbocycles. The molecule has 0 spiro atoms. The average Bonchev–Trinajstić information content (AvgIpc) is 2.33. The van der Waals surface area contributed by atoms with E-state index in [-0.39, 0.29) is 0 Å².